The van der Waals surface area contributed by atoms with E-state index in [1.165, 1.54) is 31.9 Å². The molecule has 0 aromatic heterocycles. The summed E-state index contributed by atoms with van der Waals surface area (Å²) in [7, 11) is 0. The molecule has 2 N–H and O–H groups in total. The van der Waals surface area contributed by atoms with E-state index in [4.69, 9.17) is 0 Å². The molecule has 0 amide bonds. The number of hydrogen-bond donors (Lipinski definition) is 2. The lowest BCUT2D eigenvalue weighted by molar-refractivity contribution is -0.539. The van der Waals surface area contributed by atoms with Crippen molar-refractivity contribution in [2.75, 3.05) is 26.2 Å². The average molecular weight is 140 g/mol. The second-order valence-corrected chi connectivity index (χ2v) is 2.90. The minimum absolute atomic E-state index is 1.14. The van der Waals surface area contributed by atoms with Crippen LogP contribution < -0.4 is 10.6 Å². The number of rotatable bonds is 0. The first kappa shape index (κ1) is 6.01. The Hall–Kier alpha value is -0.730. The first-order valence-electron chi connectivity index (χ1n) is 4.06. The van der Waals surface area contributed by atoms with Gasteiger partial charge in [-0.2, -0.15) is 0 Å². The Balaban J connectivity index is 2.14. The molecule has 0 spiro atoms. The topological polar surface area (TPSA) is 27.1 Å². The van der Waals surface area contributed by atoms with Crippen LogP contribution in [0.1, 0.15) is 12.8 Å². The van der Waals surface area contributed by atoms with Crippen molar-refractivity contribution in [1.82, 2.24) is 10.6 Å². The Labute approximate surface area is 61.1 Å². The third kappa shape index (κ3) is 0.958. The van der Waals surface area contributed by atoms with E-state index in [1.807, 2.05) is 0 Å². The normalized spacial score (nSPS) is 24.8. The molecule has 0 aromatic rings. The quantitative estimate of drug-likeness (QED) is 0.437. The van der Waals surface area contributed by atoms with Crippen molar-refractivity contribution >= 4 is 5.96 Å². The van der Waals surface area contributed by atoms with Crippen LogP contribution in [0.15, 0.2) is 0 Å². The standard InChI is InChI=1S/C7H13N3/c1-3-8-7-9-4-2-6-10(7)5-1/h1-6H2,(H,8,9)/p+1. The van der Waals surface area contributed by atoms with E-state index in [-0.39, 0.29) is 0 Å². The summed E-state index contributed by atoms with van der Waals surface area (Å²) in [5.74, 6) is 1.26. The van der Waals surface area contributed by atoms with Gasteiger partial charge in [0.15, 0.2) is 0 Å². The van der Waals surface area contributed by atoms with Gasteiger partial charge in [-0.05, 0) is 0 Å². The minimum Gasteiger partial charge on any atom is -0.278 e. The highest BCUT2D eigenvalue weighted by Gasteiger charge is 2.19. The fraction of sp³-hybridized carbons (Fsp3) is 0.857. The second kappa shape index (κ2) is 2.48. The molecule has 2 heterocycles. The smallest absolute Gasteiger partial charge is 0.278 e. The van der Waals surface area contributed by atoms with Gasteiger partial charge in [0.2, 0.25) is 0 Å². The molecule has 2 aliphatic rings. The lowest BCUT2D eigenvalue weighted by atomic mass is 10.3. The third-order valence-electron chi connectivity index (χ3n) is 2.11. The van der Waals surface area contributed by atoms with Crippen molar-refractivity contribution in [3.05, 3.63) is 0 Å². The van der Waals surface area contributed by atoms with Gasteiger partial charge in [-0.25, -0.2) is 0 Å². The van der Waals surface area contributed by atoms with Crippen LogP contribution in [0.5, 0.6) is 0 Å². The molecule has 3 heteroatoms. The van der Waals surface area contributed by atoms with Crippen molar-refractivity contribution in [3.63, 3.8) is 0 Å². The van der Waals surface area contributed by atoms with E-state index in [0.717, 1.165) is 13.1 Å². The van der Waals surface area contributed by atoms with E-state index in [9.17, 15) is 0 Å². The maximum atomic E-state index is 3.35. The van der Waals surface area contributed by atoms with Gasteiger partial charge < -0.3 is 0 Å². The zero-order chi connectivity index (χ0) is 6.81. The van der Waals surface area contributed by atoms with Gasteiger partial charge in [0.25, 0.3) is 0 Å². The molecule has 3 nitrogen and oxygen atoms in total. The largest absolute Gasteiger partial charge is 0.345 e. The van der Waals surface area contributed by atoms with Crippen molar-refractivity contribution in [1.29, 1.82) is 0 Å². The maximum Gasteiger partial charge on any atom is 0.345 e. The Kier molecular flexibility index (Phi) is 1.49. The first-order chi connectivity index (χ1) is 4.97. The van der Waals surface area contributed by atoms with Crippen LogP contribution >= 0.6 is 0 Å². The molecule has 10 heavy (non-hydrogen) atoms. The van der Waals surface area contributed by atoms with Crippen molar-refractivity contribution in [2.24, 2.45) is 0 Å². The molecule has 0 saturated heterocycles. The predicted molar refractivity (Wildman–Crippen MR) is 40.2 cm³/mol. The molecular formula is C7H14N3+. The van der Waals surface area contributed by atoms with Crippen molar-refractivity contribution in [3.8, 4) is 0 Å². The van der Waals surface area contributed by atoms with Gasteiger partial charge in [0.1, 0.15) is 0 Å². The molecule has 0 unspecified atom stereocenters. The summed E-state index contributed by atoms with van der Waals surface area (Å²) < 4.78 is 2.40. The van der Waals surface area contributed by atoms with Crippen LogP contribution in [0, 0.1) is 0 Å². The molecule has 0 aromatic carbocycles. The summed E-state index contributed by atoms with van der Waals surface area (Å²) in [6, 6.07) is 0. The molecular weight excluding hydrogens is 126 g/mol. The highest BCUT2D eigenvalue weighted by Crippen LogP contribution is 1.95. The van der Waals surface area contributed by atoms with E-state index >= 15 is 0 Å². The Morgan fingerprint density at radius 3 is 2.10 bits per heavy atom. The summed E-state index contributed by atoms with van der Waals surface area (Å²) in [4.78, 5) is 0. The van der Waals surface area contributed by atoms with E-state index in [2.05, 4.69) is 15.2 Å². The first-order valence-corrected chi connectivity index (χ1v) is 4.06. The van der Waals surface area contributed by atoms with E-state index in [0.29, 0.717) is 0 Å². The number of hydrogen-bond acceptors (Lipinski definition) is 2. The van der Waals surface area contributed by atoms with Crippen LogP contribution in [0.2, 0.25) is 0 Å². The summed E-state index contributed by atoms with van der Waals surface area (Å²) in [6.45, 7) is 4.74. The Morgan fingerprint density at radius 1 is 1.00 bits per heavy atom. The number of nitrogens with one attached hydrogen (secondary N) is 2. The molecule has 0 bridgehead atoms. The zero-order valence-corrected chi connectivity index (χ0v) is 6.19. The number of nitrogens with zero attached hydrogens (tertiary/aromatic N) is 1. The average Bonchev–Trinajstić information content (AvgIpc) is 2.05. The molecule has 0 saturated carbocycles. The van der Waals surface area contributed by atoms with Crippen LogP contribution in [-0.4, -0.2) is 36.7 Å². The highest BCUT2D eigenvalue weighted by molar-refractivity contribution is 5.75. The van der Waals surface area contributed by atoms with Gasteiger partial charge in [-0.1, -0.05) is 0 Å². The van der Waals surface area contributed by atoms with Crippen LogP contribution in [0.4, 0.5) is 0 Å². The van der Waals surface area contributed by atoms with Gasteiger partial charge >= 0.3 is 5.96 Å². The fourth-order valence-electron chi connectivity index (χ4n) is 1.57. The Bertz CT molecular complexity index is 128. The maximum absolute atomic E-state index is 3.35. The van der Waals surface area contributed by atoms with Gasteiger partial charge in [0.05, 0.1) is 26.2 Å². The second-order valence-electron chi connectivity index (χ2n) is 2.90. The summed E-state index contributed by atoms with van der Waals surface area (Å²) in [5.41, 5.74) is 0. The van der Waals surface area contributed by atoms with Crippen LogP contribution in [0.25, 0.3) is 0 Å². The van der Waals surface area contributed by atoms with E-state index in [1.54, 1.807) is 0 Å². The molecule has 2 aliphatic heterocycles. The lowest BCUT2D eigenvalue weighted by Crippen LogP contribution is -2.52. The predicted octanol–water partition coefficient (Wildman–Crippen LogP) is -0.658. The SMILES string of the molecule is C1CNC2=[N+](C1)CCCN2. The third-order valence-corrected chi connectivity index (χ3v) is 2.11. The van der Waals surface area contributed by atoms with E-state index < -0.39 is 0 Å². The molecule has 56 valence electrons. The van der Waals surface area contributed by atoms with Gasteiger partial charge in [-0.15, -0.1) is 0 Å². The van der Waals surface area contributed by atoms with Crippen LogP contribution in [-0.2, 0) is 0 Å². The Morgan fingerprint density at radius 2 is 1.60 bits per heavy atom. The molecule has 0 aliphatic carbocycles. The van der Waals surface area contributed by atoms with Crippen molar-refractivity contribution < 1.29 is 4.58 Å². The van der Waals surface area contributed by atoms with Crippen LogP contribution in [0.3, 0.4) is 0 Å². The zero-order valence-electron chi connectivity index (χ0n) is 6.19. The molecule has 0 fully saturated rings. The summed E-state index contributed by atoms with van der Waals surface area (Å²) in [5, 5.41) is 6.70. The van der Waals surface area contributed by atoms with Crippen molar-refractivity contribution in [2.45, 2.75) is 12.8 Å². The van der Waals surface area contributed by atoms with Gasteiger partial charge in [0, 0.05) is 12.8 Å². The molecule has 0 radical (unpaired) electrons. The summed E-state index contributed by atoms with van der Waals surface area (Å²) >= 11 is 0. The monoisotopic (exact) mass is 140 g/mol. The highest BCUT2D eigenvalue weighted by atomic mass is 15.3. The lowest BCUT2D eigenvalue weighted by Gasteiger charge is -2.22. The molecule has 0 atom stereocenters. The van der Waals surface area contributed by atoms with Gasteiger partial charge in [-0.3, -0.25) is 15.2 Å². The fourth-order valence-corrected chi connectivity index (χ4v) is 1.57. The minimum atomic E-state index is 1.14. The summed E-state index contributed by atoms with van der Waals surface area (Å²) in [6.07, 6.45) is 2.57. The number of guanidine groups is 1. The molecule has 2 rings (SSSR count).